The van der Waals surface area contributed by atoms with E-state index in [1.165, 1.54) is 5.56 Å². The molecule has 2 aromatic carbocycles. The van der Waals surface area contributed by atoms with Gasteiger partial charge in [0.2, 0.25) is 5.95 Å². The van der Waals surface area contributed by atoms with Crippen LogP contribution in [-0.4, -0.2) is 60.0 Å². The second-order valence-corrected chi connectivity index (χ2v) is 8.55. The average Bonchev–Trinajstić information content (AvgIpc) is 3.30. The van der Waals surface area contributed by atoms with Gasteiger partial charge in [0.1, 0.15) is 11.6 Å². The van der Waals surface area contributed by atoms with E-state index in [1.807, 2.05) is 12.1 Å². The van der Waals surface area contributed by atoms with E-state index in [1.54, 1.807) is 7.11 Å². The fraction of sp³-hybridized carbons (Fsp3) is 0.320. The third-order valence-corrected chi connectivity index (χ3v) is 6.59. The van der Waals surface area contributed by atoms with E-state index in [4.69, 9.17) is 14.7 Å². The Morgan fingerprint density at radius 1 is 0.879 bits per heavy atom. The lowest BCUT2D eigenvalue weighted by Gasteiger charge is -2.37. The number of piperazine rings is 1. The highest BCUT2D eigenvalue weighted by Gasteiger charge is 2.27. The van der Waals surface area contributed by atoms with Crippen molar-refractivity contribution in [2.45, 2.75) is 13.0 Å². The molecule has 0 saturated carbocycles. The molecule has 0 aliphatic carbocycles. The number of ether oxygens (including phenoxy) is 1. The SMILES string of the molecule is COc1ccccc1N1CCN(c2nc3c4c([nH]nc4n2)CCN3Cc2ccccc2)CC1. The van der Waals surface area contributed by atoms with Crippen molar-refractivity contribution in [3.8, 4) is 5.75 Å². The van der Waals surface area contributed by atoms with Crippen molar-refractivity contribution in [3.63, 3.8) is 0 Å². The summed E-state index contributed by atoms with van der Waals surface area (Å²) in [5.74, 6) is 2.66. The van der Waals surface area contributed by atoms with Gasteiger partial charge in [-0.25, -0.2) is 0 Å². The highest BCUT2D eigenvalue weighted by atomic mass is 16.5. The fourth-order valence-corrected chi connectivity index (χ4v) is 4.85. The molecular formula is C25H27N7O. The maximum Gasteiger partial charge on any atom is 0.229 e. The van der Waals surface area contributed by atoms with E-state index < -0.39 is 0 Å². The number of H-pyrrole nitrogens is 1. The molecule has 0 atom stereocenters. The van der Waals surface area contributed by atoms with E-state index in [-0.39, 0.29) is 0 Å². The minimum Gasteiger partial charge on any atom is -0.495 e. The lowest BCUT2D eigenvalue weighted by Crippen LogP contribution is -2.47. The van der Waals surface area contributed by atoms with E-state index in [0.29, 0.717) is 0 Å². The van der Waals surface area contributed by atoms with Crippen molar-refractivity contribution in [2.24, 2.45) is 0 Å². The Balaban J connectivity index is 1.27. The summed E-state index contributed by atoms with van der Waals surface area (Å²) in [6, 6.07) is 18.8. The Hall–Kier alpha value is -3.81. The molecule has 2 aromatic heterocycles. The monoisotopic (exact) mass is 441 g/mol. The van der Waals surface area contributed by atoms with Crippen molar-refractivity contribution >= 4 is 28.5 Å². The van der Waals surface area contributed by atoms with Crippen molar-refractivity contribution in [2.75, 3.05) is 54.5 Å². The summed E-state index contributed by atoms with van der Waals surface area (Å²) in [7, 11) is 1.73. The van der Waals surface area contributed by atoms with Gasteiger partial charge in [-0.05, 0) is 17.7 Å². The van der Waals surface area contributed by atoms with Gasteiger partial charge in [0.25, 0.3) is 0 Å². The minimum absolute atomic E-state index is 0.759. The van der Waals surface area contributed by atoms with Gasteiger partial charge in [-0.2, -0.15) is 15.1 Å². The normalized spacial score (nSPS) is 15.8. The third-order valence-electron chi connectivity index (χ3n) is 6.59. The molecule has 1 saturated heterocycles. The molecule has 0 bridgehead atoms. The van der Waals surface area contributed by atoms with E-state index >= 15 is 0 Å². The second kappa shape index (κ2) is 8.27. The van der Waals surface area contributed by atoms with Crippen LogP contribution in [-0.2, 0) is 13.0 Å². The largest absolute Gasteiger partial charge is 0.495 e. The lowest BCUT2D eigenvalue weighted by molar-refractivity contribution is 0.413. The van der Waals surface area contributed by atoms with Gasteiger partial charge in [0.05, 0.1) is 23.9 Å². The van der Waals surface area contributed by atoms with Gasteiger partial charge in [-0.15, -0.1) is 0 Å². The number of methoxy groups -OCH3 is 1. The van der Waals surface area contributed by atoms with Gasteiger partial charge in [-0.1, -0.05) is 42.5 Å². The summed E-state index contributed by atoms with van der Waals surface area (Å²) >= 11 is 0. The average molecular weight is 442 g/mol. The minimum atomic E-state index is 0.759. The Morgan fingerprint density at radius 3 is 2.45 bits per heavy atom. The maximum atomic E-state index is 5.56. The molecule has 4 aromatic rings. The number of aromatic amines is 1. The molecule has 33 heavy (non-hydrogen) atoms. The molecule has 8 heteroatoms. The van der Waals surface area contributed by atoms with Crippen LogP contribution in [0, 0.1) is 0 Å². The Bertz CT molecular complexity index is 1260. The molecule has 2 aliphatic heterocycles. The second-order valence-electron chi connectivity index (χ2n) is 8.55. The molecule has 0 unspecified atom stereocenters. The summed E-state index contributed by atoms with van der Waals surface area (Å²) in [4.78, 5) is 16.9. The molecule has 8 nitrogen and oxygen atoms in total. The van der Waals surface area contributed by atoms with Crippen molar-refractivity contribution in [1.29, 1.82) is 0 Å². The first-order valence-corrected chi connectivity index (χ1v) is 11.5. The third kappa shape index (κ3) is 3.61. The van der Waals surface area contributed by atoms with E-state index in [0.717, 1.165) is 85.6 Å². The van der Waals surface area contributed by atoms with Crippen LogP contribution in [0.15, 0.2) is 54.6 Å². The Morgan fingerprint density at radius 2 is 1.64 bits per heavy atom. The molecule has 168 valence electrons. The number of anilines is 3. The van der Waals surface area contributed by atoms with Crippen LogP contribution >= 0.6 is 0 Å². The fourth-order valence-electron chi connectivity index (χ4n) is 4.85. The van der Waals surface area contributed by atoms with Gasteiger partial charge in [-0.3, -0.25) is 5.10 Å². The molecule has 1 fully saturated rings. The number of benzene rings is 2. The summed E-state index contributed by atoms with van der Waals surface area (Å²) in [5, 5.41) is 8.77. The molecule has 2 aliphatic rings. The van der Waals surface area contributed by atoms with Gasteiger partial charge >= 0.3 is 0 Å². The molecule has 4 heterocycles. The first-order chi connectivity index (χ1) is 16.3. The van der Waals surface area contributed by atoms with Crippen LogP contribution in [0.5, 0.6) is 5.75 Å². The van der Waals surface area contributed by atoms with Crippen LogP contribution in [0.1, 0.15) is 11.3 Å². The Labute approximate surface area is 192 Å². The predicted molar refractivity (Wildman–Crippen MR) is 130 cm³/mol. The first kappa shape index (κ1) is 19.8. The molecule has 1 N–H and O–H groups in total. The quantitative estimate of drug-likeness (QED) is 0.510. The van der Waals surface area contributed by atoms with Crippen LogP contribution in [0.4, 0.5) is 17.5 Å². The predicted octanol–water partition coefficient (Wildman–Crippen LogP) is 3.25. The number of aromatic nitrogens is 4. The summed E-state index contributed by atoms with van der Waals surface area (Å²) in [5.41, 5.74) is 4.31. The number of rotatable bonds is 5. The highest BCUT2D eigenvalue weighted by Crippen LogP contribution is 2.34. The van der Waals surface area contributed by atoms with Crippen molar-refractivity contribution in [3.05, 3.63) is 65.9 Å². The van der Waals surface area contributed by atoms with Gasteiger partial charge in [0.15, 0.2) is 5.65 Å². The van der Waals surface area contributed by atoms with Crippen LogP contribution in [0.2, 0.25) is 0 Å². The number of hydrogen-bond acceptors (Lipinski definition) is 7. The Kier molecular flexibility index (Phi) is 4.97. The summed E-state index contributed by atoms with van der Waals surface area (Å²) in [6.45, 7) is 5.21. The van der Waals surface area contributed by atoms with Crippen LogP contribution in [0.3, 0.4) is 0 Å². The highest BCUT2D eigenvalue weighted by molar-refractivity contribution is 5.91. The van der Waals surface area contributed by atoms with E-state index in [9.17, 15) is 0 Å². The zero-order chi connectivity index (χ0) is 22.2. The number of nitrogens with one attached hydrogen (secondary N) is 1. The zero-order valence-electron chi connectivity index (χ0n) is 18.7. The summed E-state index contributed by atoms with van der Waals surface area (Å²) in [6.07, 6.45) is 0.927. The maximum absolute atomic E-state index is 5.56. The topological polar surface area (TPSA) is 73.4 Å². The van der Waals surface area contributed by atoms with Gasteiger partial charge in [0, 0.05) is 45.7 Å². The molecule has 6 rings (SSSR count). The molecule has 0 radical (unpaired) electrons. The summed E-state index contributed by atoms with van der Waals surface area (Å²) < 4.78 is 5.56. The number of hydrogen-bond donors (Lipinski definition) is 1. The zero-order valence-corrected chi connectivity index (χ0v) is 18.7. The number of nitrogens with zero attached hydrogens (tertiary/aromatic N) is 6. The first-order valence-electron chi connectivity index (χ1n) is 11.5. The smallest absolute Gasteiger partial charge is 0.229 e. The van der Waals surface area contributed by atoms with Gasteiger partial charge < -0.3 is 19.4 Å². The molecule has 0 spiro atoms. The number of para-hydroxylation sites is 2. The lowest BCUT2D eigenvalue weighted by atomic mass is 10.1. The molecule has 0 amide bonds. The standard InChI is InChI=1S/C25H27N7O/c1-33-21-10-6-5-9-20(21)30-13-15-31(16-14-30)25-26-23-22-19(28-29-23)11-12-32(24(22)27-25)17-18-7-3-2-4-8-18/h2-10H,11-17H2,1H3,(H,26,27,28,29). The van der Waals surface area contributed by atoms with Crippen LogP contribution in [0.25, 0.3) is 11.0 Å². The van der Waals surface area contributed by atoms with Crippen LogP contribution < -0.4 is 19.4 Å². The van der Waals surface area contributed by atoms with E-state index in [2.05, 4.69) is 67.4 Å². The molecular weight excluding hydrogens is 414 g/mol. The van der Waals surface area contributed by atoms with Crippen molar-refractivity contribution in [1.82, 2.24) is 20.2 Å². The van der Waals surface area contributed by atoms with Crippen molar-refractivity contribution < 1.29 is 4.74 Å².